The van der Waals surface area contributed by atoms with E-state index in [1.807, 2.05) is 18.2 Å². The Bertz CT molecular complexity index is 801. The number of benzene rings is 1. The zero-order chi connectivity index (χ0) is 14.1. The molecule has 0 saturated heterocycles. The first-order chi connectivity index (χ1) is 9.70. The standard InChI is InChI=1S/C14H9ClN2O2S/c1-19-14(18)11-7-17-13(20-11)9-4-5-10(15)8-3-2-6-16-12(8)9/h2-7H,1H3. The van der Waals surface area contributed by atoms with Gasteiger partial charge in [-0.2, -0.15) is 0 Å². The molecule has 0 atom stereocenters. The van der Waals surface area contributed by atoms with Crippen LogP contribution in [0.25, 0.3) is 21.5 Å². The number of thiazole rings is 1. The Morgan fingerprint density at radius 1 is 1.30 bits per heavy atom. The fourth-order valence-corrected chi connectivity index (χ4v) is 2.98. The second-order valence-corrected chi connectivity index (χ2v) is 5.45. The molecule has 0 aliphatic rings. The van der Waals surface area contributed by atoms with Crippen LogP contribution in [0.3, 0.4) is 0 Å². The van der Waals surface area contributed by atoms with Crippen LogP contribution in [0.15, 0.2) is 36.7 Å². The maximum atomic E-state index is 11.5. The molecule has 2 heterocycles. The lowest BCUT2D eigenvalue weighted by molar-refractivity contribution is 0.0606. The summed E-state index contributed by atoms with van der Waals surface area (Å²) in [6.45, 7) is 0. The normalized spacial score (nSPS) is 10.7. The quantitative estimate of drug-likeness (QED) is 0.676. The van der Waals surface area contributed by atoms with Gasteiger partial charge in [-0.1, -0.05) is 11.6 Å². The van der Waals surface area contributed by atoms with E-state index in [0.717, 1.165) is 16.5 Å². The molecule has 0 spiro atoms. The average molecular weight is 305 g/mol. The van der Waals surface area contributed by atoms with Crippen LogP contribution >= 0.6 is 22.9 Å². The largest absolute Gasteiger partial charge is 0.465 e. The van der Waals surface area contributed by atoms with Crippen molar-refractivity contribution in [2.75, 3.05) is 7.11 Å². The predicted octanol–water partition coefficient (Wildman–Crippen LogP) is 3.80. The lowest BCUT2D eigenvalue weighted by Gasteiger charge is -2.04. The average Bonchev–Trinajstić information content (AvgIpc) is 2.97. The van der Waals surface area contributed by atoms with Crippen LogP contribution in [0.4, 0.5) is 0 Å². The molecule has 2 aromatic heterocycles. The summed E-state index contributed by atoms with van der Waals surface area (Å²) in [5.41, 5.74) is 1.62. The number of aromatic nitrogens is 2. The molecule has 1 aromatic carbocycles. The third-order valence-corrected chi connectivity index (χ3v) is 4.18. The monoisotopic (exact) mass is 304 g/mol. The number of halogens is 1. The Morgan fingerprint density at radius 3 is 2.95 bits per heavy atom. The molecular weight excluding hydrogens is 296 g/mol. The van der Waals surface area contributed by atoms with Crippen molar-refractivity contribution in [1.29, 1.82) is 0 Å². The first-order valence-corrected chi connectivity index (χ1v) is 6.98. The molecule has 4 nitrogen and oxygen atoms in total. The van der Waals surface area contributed by atoms with E-state index < -0.39 is 0 Å². The van der Waals surface area contributed by atoms with E-state index in [-0.39, 0.29) is 5.97 Å². The summed E-state index contributed by atoms with van der Waals surface area (Å²) in [6, 6.07) is 7.40. The van der Waals surface area contributed by atoms with Gasteiger partial charge in [0.15, 0.2) is 0 Å². The van der Waals surface area contributed by atoms with Gasteiger partial charge in [-0.15, -0.1) is 11.3 Å². The van der Waals surface area contributed by atoms with Crippen LogP contribution < -0.4 is 0 Å². The molecule has 0 aliphatic carbocycles. The highest BCUT2D eigenvalue weighted by molar-refractivity contribution is 7.16. The fraction of sp³-hybridized carbons (Fsp3) is 0.0714. The van der Waals surface area contributed by atoms with Crippen LogP contribution in [-0.2, 0) is 4.74 Å². The van der Waals surface area contributed by atoms with Gasteiger partial charge in [-0.05, 0) is 24.3 Å². The summed E-state index contributed by atoms with van der Waals surface area (Å²) < 4.78 is 4.69. The zero-order valence-electron chi connectivity index (χ0n) is 10.5. The molecule has 0 unspecified atom stereocenters. The van der Waals surface area contributed by atoms with Gasteiger partial charge in [0.25, 0.3) is 0 Å². The van der Waals surface area contributed by atoms with Crippen molar-refractivity contribution in [2.45, 2.75) is 0 Å². The molecule has 0 saturated carbocycles. The van der Waals surface area contributed by atoms with Crippen molar-refractivity contribution in [3.63, 3.8) is 0 Å². The smallest absolute Gasteiger partial charge is 0.349 e. The molecule has 0 radical (unpaired) electrons. The number of methoxy groups -OCH3 is 1. The Hall–Kier alpha value is -1.98. The predicted molar refractivity (Wildman–Crippen MR) is 79.2 cm³/mol. The Morgan fingerprint density at radius 2 is 2.15 bits per heavy atom. The summed E-state index contributed by atoms with van der Waals surface area (Å²) >= 11 is 7.43. The molecule has 0 amide bonds. The van der Waals surface area contributed by atoms with Crippen molar-refractivity contribution in [2.24, 2.45) is 0 Å². The number of esters is 1. The summed E-state index contributed by atoms with van der Waals surface area (Å²) in [5.74, 6) is -0.389. The van der Waals surface area contributed by atoms with E-state index in [9.17, 15) is 4.79 Å². The highest BCUT2D eigenvalue weighted by Gasteiger charge is 2.14. The molecule has 0 N–H and O–H groups in total. The first-order valence-electron chi connectivity index (χ1n) is 5.78. The molecule has 3 rings (SSSR count). The maximum Gasteiger partial charge on any atom is 0.349 e. The Kier molecular flexibility index (Phi) is 3.38. The zero-order valence-corrected chi connectivity index (χ0v) is 12.0. The molecule has 100 valence electrons. The highest BCUT2D eigenvalue weighted by Crippen LogP contribution is 2.33. The Balaban J connectivity index is 2.17. The number of pyridine rings is 1. The lowest BCUT2D eigenvalue weighted by atomic mass is 10.1. The SMILES string of the molecule is COC(=O)c1cnc(-c2ccc(Cl)c3cccnc23)s1. The van der Waals surface area contributed by atoms with Crippen LogP contribution in [0.5, 0.6) is 0 Å². The molecule has 0 aliphatic heterocycles. The van der Waals surface area contributed by atoms with Crippen LogP contribution in [0.2, 0.25) is 5.02 Å². The number of fused-ring (bicyclic) bond motifs is 1. The summed E-state index contributed by atoms with van der Waals surface area (Å²) in [6.07, 6.45) is 3.21. The summed E-state index contributed by atoms with van der Waals surface area (Å²) in [7, 11) is 1.35. The van der Waals surface area contributed by atoms with Crippen molar-refractivity contribution < 1.29 is 9.53 Å². The van der Waals surface area contributed by atoms with Crippen LogP contribution in [0, 0.1) is 0 Å². The van der Waals surface area contributed by atoms with Crippen molar-refractivity contribution >= 4 is 39.8 Å². The van der Waals surface area contributed by atoms with E-state index in [2.05, 4.69) is 14.7 Å². The van der Waals surface area contributed by atoms with Gasteiger partial charge in [0.05, 0.1) is 23.8 Å². The number of carbonyl (C=O) groups excluding carboxylic acids is 1. The van der Waals surface area contributed by atoms with Gasteiger partial charge in [-0.3, -0.25) is 4.98 Å². The molecule has 0 bridgehead atoms. The summed E-state index contributed by atoms with van der Waals surface area (Å²) in [5, 5.41) is 2.22. The number of hydrogen-bond donors (Lipinski definition) is 0. The highest BCUT2D eigenvalue weighted by atomic mass is 35.5. The van der Waals surface area contributed by atoms with Gasteiger partial charge in [0.1, 0.15) is 9.88 Å². The second-order valence-electron chi connectivity index (χ2n) is 4.02. The topological polar surface area (TPSA) is 52.1 Å². The van der Waals surface area contributed by atoms with E-state index >= 15 is 0 Å². The third kappa shape index (κ3) is 2.15. The Labute approximate surface area is 124 Å². The number of carbonyl (C=O) groups is 1. The molecule has 3 aromatic rings. The van der Waals surface area contributed by atoms with Gasteiger partial charge in [-0.25, -0.2) is 9.78 Å². The fourth-order valence-electron chi connectivity index (χ4n) is 1.90. The molecule has 20 heavy (non-hydrogen) atoms. The minimum Gasteiger partial charge on any atom is -0.465 e. The maximum absolute atomic E-state index is 11.5. The third-order valence-electron chi connectivity index (χ3n) is 2.84. The molecular formula is C14H9ClN2O2S. The number of ether oxygens (including phenoxy) is 1. The second kappa shape index (κ2) is 5.19. The van der Waals surface area contributed by atoms with E-state index in [1.54, 1.807) is 12.3 Å². The minimum absolute atomic E-state index is 0.389. The van der Waals surface area contributed by atoms with Gasteiger partial charge in [0.2, 0.25) is 0 Å². The van der Waals surface area contributed by atoms with Crippen molar-refractivity contribution in [1.82, 2.24) is 9.97 Å². The lowest BCUT2D eigenvalue weighted by Crippen LogP contribution is -1.96. The van der Waals surface area contributed by atoms with E-state index in [1.165, 1.54) is 24.6 Å². The van der Waals surface area contributed by atoms with Crippen molar-refractivity contribution in [3.8, 4) is 10.6 Å². The van der Waals surface area contributed by atoms with Crippen LogP contribution in [-0.4, -0.2) is 23.0 Å². The number of hydrogen-bond acceptors (Lipinski definition) is 5. The van der Waals surface area contributed by atoms with Gasteiger partial charge >= 0.3 is 5.97 Å². The number of nitrogens with zero attached hydrogens (tertiary/aromatic N) is 2. The van der Waals surface area contributed by atoms with E-state index in [4.69, 9.17) is 11.6 Å². The number of rotatable bonds is 2. The minimum atomic E-state index is -0.389. The molecule has 6 heteroatoms. The van der Waals surface area contributed by atoms with Gasteiger partial charge in [0, 0.05) is 17.1 Å². The summed E-state index contributed by atoms with van der Waals surface area (Å²) in [4.78, 5) is 20.6. The van der Waals surface area contributed by atoms with Crippen molar-refractivity contribution in [3.05, 3.63) is 46.6 Å². The van der Waals surface area contributed by atoms with Gasteiger partial charge < -0.3 is 4.74 Å². The van der Waals surface area contributed by atoms with Crippen LogP contribution in [0.1, 0.15) is 9.67 Å². The first kappa shape index (κ1) is 13.0. The van der Waals surface area contributed by atoms with E-state index in [0.29, 0.717) is 14.9 Å². The molecule has 0 fully saturated rings.